The van der Waals surface area contributed by atoms with Gasteiger partial charge in [0.05, 0.1) is 5.92 Å². The average Bonchev–Trinajstić information content (AvgIpc) is 2.75. The van der Waals surface area contributed by atoms with Gasteiger partial charge in [0.2, 0.25) is 3.79 Å². The zero-order chi connectivity index (χ0) is 20.3. The summed E-state index contributed by atoms with van der Waals surface area (Å²) in [4.78, 5) is 0. The first kappa shape index (κ1) is 21.5. The molecule has 2 aromatic rings. The smallest absolute Gasteiger partial charge is 0.0826 e. The van der Waals surface area contributed by atoms with Crippen LogP contribution in [-0.2, 0) is 0 Å². The van der Waals surface area contributed by atoms with Crippen molar-refractivity contribution in [3.8, 4) is 0 Å². The minimum atomic E-state index is -1.38. The summed E-state index contributed by atoms with van der Waals surface area (Å²) in [5.74, 6) is 0.928. The van der Waals surface area contributed by atoms with Crippen LogP contribution >= 0.6 is 34.8 Å². The number of hydrogen-bond acceptors (Lipinski definition) is 0. The fraction of sp³-hybridized carbons (Fsp3) is 0.538. The predicted molar refractivity (Wildman–Crippen MR) is 127 cm³/mol. The van der Waals surface area contributed by atoms with Crippen LogP contribution in [0.5, 0.6) is 0 Å². The molecular weight excluding hydrogens is 419 g/mol. The Labute approximate surface area is 190 Å². The van der Waals surface area contributed by atoms with E-state index in [1.54, 1.807) is 0 Å². The molecule has 2 aromatic carbocycles. The van der Waals surface area contributed by atoms with Gasteiger partial charge < -0.3 is 0 Å². The van der Waals surface area contributed by atoms with Crippen LogP contribution in [0, 0.1) is 0 Å². The Bertz CT molecular complexity index is 734. The molecule has 2 fully saturated rings. The highest BCUT2D eigenvalue weighted by Gasteiger charge is 2.39. The van der Waals surface area contributed by atoms with E-state index in [1.165, 1.54) is 86.5 Å². The summed E-state index contributed by atoms with van der Waals surface area (Å²) in [6, 6.07) is 17.5. The van der Waals surface area contributed by atoms with Crippen molar-refractivity contribution in [1.82, 2.24) is 0 Å². The molecule has 0 unspecified atom stereocenters. The Morgan fingerprint density at radius 2 is 0.966 bits per heavy atom. The van der Waals surface area contributed by atoms with Crippen molar-refractivity contribution in [2.24, 2.45) is 0 Å². The molecule has 0 aliphatic heterocycles. The highest BCUT2D eigenvalue weighted by Crippen LogP contribution is 2.51. The van der Waals surface area contributed by atoms with Crippen LogP contribution in [0.25, 0.3) is 0 Å². The molecule has 0 heterocycles. The summed E-state index contributed by atoms with van der Waals surface area (Å²) in [5.41, 5.74) is 5.20. The molecule has 0 spiro atoms. The molecule has 0 nitrogen and oxygen atoms in total. The van der Waals surface area contributed by atoms with Crippen molar-refractivity contribution in [2.45, 2.75) is 85.8 Å². The summed E-state index contributed by atoms with van der Waals surface area (Å²) in [5, 5.41) is 0. The summed E-state index contributed by atoms with van der Waals surface area (Å²) in [7, 11) is 0. The first-order valence-corrected chi connectivity index (χ1v) is 12.4. The highest BCUT2D eigenvalue weighted by atomic mass is 35.6. The number of benzene rings is 2. The van der Waals surface area contributed by atoms with Crippen LogP contribution in [0.1, 0.15) is 104 Å². The van der Waals surface area contributed by atoms with Crippen LogP contribution in [0.2, 0.25) is 0 Å². The van der Waals surface area contributed by atoms with Gasteiger partial charge >= 0.3 is 0 Å². The van der Waals surface area contributed by atoms with E-state index in [0.29, 0.717) is 11.8 Å². The van der Waals surface area contributed by atoms with Crippen molar-refractivity contribution >= 4 is 34.8 Å². The van der Waals surface area contributed by atoms with Gasteiger partial charge in [-0.3, -0.25) is 0 Å². The van der Waals surface area contributed by atoms with E-state index in [4.69, 9.17) is 34.8 Å². The van der Waals surface area contributed by atoms with Crippen molar-refractivity contribution in [3.05, 3.63) is 70.8 Å². The molecule has 0 bridgehead atoms. The molecule has 0 atom stereocenters. The van der Waals surface area contributed by atoms with Gasteiger partial charge in [-0.2, -0.15) is 0 Å². The van der Waals surface area contributed by atoms with Crippen LogP contribution in [0.15, 0.2) is 48.5 Å². The van der Waals surface area contributed by atoms with Crippen LogP contribution in [0.3, 0.4) is 0 Å². The third-order valence-corrected chi connectivity index (χ3v) is 7.69. The molecule has 0 N–H and O–H groups in total. The van der Waals surface area contributed by atoms with Gasteiger partial charge in [0.25, 0.3) is 0 Å². The first-order chi connectivity index (χ1) is 14.1. The van der Waals surface area contributed by atoms with Gasteiger partial charge in [0, 0.05) is 0 Å². The molecule has 2 saturated carbocycles. The molecule has 156 valence electrons. The standard InChI is InChI=1S/C26H31Cl3/c27-26(28,29)25(23-17-9-7-15-21(23)19-11-3-1-4-12-19)24-18-10-8-16-22(24)20-13-5-2-6-14-20/h7-10,15-20,25H,1-6,11-14H2. The first-order valence-electron chi connectivity index (χ1n) is 11.3. The maximum absolute atomic E-state index is 6.72. The second-order valence-corrected chi connectivity index (χ2v) is 11.3. The zero-order valence-electron chi connectivity index (χ0n) is 17.1. The van der Waals surface area contributed by atoms with E-state index in [1.807, 2.05) is 0 Å². The fourth-order valence-corrected chi connectivity index (χ4v) is 6.34. The molecule has 0 aromatic heterocycles. The van der Waals surface area contributed by atoms with E-state index < -0.39 is 3.79 Å². The maximum atomic E-state index is 6.72. The Morgan fingerprint density at radius 1 is 0.586 bits per heavy atom. The van der Waals surface area contributed by atoms with Gasteiger partial charge in [-0.15, -0.1) is 0 Å². The monoisotopic (exact) mass is 448 g/mol. The van der Waals surface area contributed by atoms with Crippen molar-refractivity contribution < 1.29 is 0 Å². The molecule has 2 aliphatic carbocycles. The van der Waals surface area contributed by atoms with E-state index in [2.05, 4.69) is 48.5 Å². The number of alkyl halides is 3. The average molecular weight is 450 g/mol. The van der Waals surface area contributed by atoms with Gasteiger partial charge in [-0.1, -0.05) is 122 Å². The molecule has 29 heavy (non-hydrogen) atoms. The van der Waals surface area contributed by atoms with Crippen molar-refractivity contribution in [1.29, 1.82) is 0 Å². The van der Waals surface area contributed by atoms with Crippen LogP contribution < -0.4 is 0 Å². The fourth-order valence-electron chi connectivity index (χ4n) is 5.64. The number of hydrogen-bond donors (Lipinski definition) is 0. The van der Waals surface area contributed by atoms with Gasteiger partial charge in [-0.05, 0) is 59.8 Å². The molecular formula is C26H31Cl3. The molecule has 0 amide bonds. The second kappa shape index (κ2) is 9.63. The minimum Gasteiger partial charge on any atom is -0.0826 e. The normalized spacial score (nSPS) is 19.6. The SMILES string of the molecule is ClC(Cl)(Cl)C(c1ccccc1C1CCCCC1)c1ccccc1C1CCCCC1. The number of rotatable bonds is 4. The molecule has 4 rings (SSSR count). The molecule has 3 heteroatoms. The largest absolute Gasteiger partial charge is 0.201 e. The summed E-state index contributed by atoms with van der Waals surface area (Å²) >= 11 is 20.2. The Morgan fingerprint density at radius 3 is 1.34 bits per heavy atom. The highest BCUT2D eigenvalue weighted by molar-refractivity contribution is 6.68. The number of halogens is 3. The second-order valence-electron chi connectivity index (χ2n) is 8.90. The lowest BCUT2D eigenvalue weighted by Gasteiger charge is -2.34. The van der Waals surface area contributed by atoms with Gasteiger partial charge in [0.15, 0.2) is 0 Å². The molecule has 0 saturated heterocycles. The van der Waals surface area contributed by atoms with E-state index in [9.17, 15) is 0 Å². The summed E-state index contributed by atoms with van der Waals surface area (Å²) in [6.45, 7) is 0. The Kier molecular flexibility index (Phi) is 7.15. The van der Waals surface area contributed by atoms with Crippen LogP contribution in [-0.4, -0.2) is 3.79 Å². The lowest BCUT2D eigenvalue weighted by Crippen LogP contribution is -2.23. The van der Waals surface area contributed by atoms with Gasteiger partial charge in [-0.25, -0.2) is 0 Å². The van der Waals surface area contributed by atoms with Gasteiger partial charge in [0.1, 0.15) is 0 Å². The van der Waals surface area contributed by atoms with E-state index >= 15 is 0 Å². The third-order valence-electron chi connectivity index (χ3n) is 7.03. The Hall–Kier alpha value is -0.690. The summed E-state index contributed by atoms with van der Waals surface area (Å²) < 4.78 is -1.38. The maximum Gasteiger partial charge on any atom is 0.201 e. The third kappa shape index (κ3) is 4.97. The lowest BCUT2D eigenvalue weighted by molar-refractivity contribution is 0.437. The lowest BCUT2D eigenvalue weighted by atomic mass is 9.75. The minimum absolute atomic E-state index is 0.233. The zero-order valence-corrected chi connectivity index (χ0v) is 19.3. The van der Waals surface area contributed by atoms with Crippen molar-refractivity contribution in [2.75, 3.05) is 0 Å². The van der Waals surface area contributed by atoms with Crippen LogP contribution in [0.4, 0.5) is 0 Å². The van der Waals surface area contributed by atoms with E-state index in [-0.39, 0.29) is 5.92 Å². The Balaban J connectivity index is 1.80. The molecule has 0 radical (unpaired) electrons. The predicted octanol–water partition coefficient (Wildman–Crippen LogP) is 9.28. The molecule has 2 aliphatic rings. The summed E-state index contributed by atoms with van der Waals surface area (Å²) in [6.07, 6.45) is 12.9. The quantitative estimate of drug-likeness (QED) is 0.408. The van der Waals surface area contributed by atoms with E-state index in [0.717, 1.165) is 0 Å². The van der Waals surface area contributed by atoms with Crippen molar-refractivity contribution in [3.63, 3.8) is 0 Å². The topological polar surface area (TPSA) is 0 Å².